The van der Waals surface area contributed by atoms with Gasteiger partial charge in [-0.15, -0.1) is 0 Å². The number of hydrogen-bond donors (Lipinski definition) is 0. The molecule has 4 rings (SSSR count). The van der Waals surface area contributed by atoms with Gasteiger partial charge in [0.25, 0.3) is 0 Å². The number of hydrogen-bond acceptors (Lipinski definition) is 9. The molecule has 0 atom stereocenters. The number of nitrogens with zero attached hydrogens (tertiary/aromatic N) is 4. The van der Waals surface area contributed by atoms with E-state index in [1.807, 2.05) is 0 Å². The average Bonchev–Trinajstić information content (AvgIpc) is 3.43. The van der Waals surface area contributed by atoms with Crippen LogP contribution in [0.5, 0.6) is 0 Å². The van der Waals surface area contributed by atoms with Gasteiger partial charge < -0.3 is 0 Å². The third-order valence-corrected chi connectivity index (χ3v) is 5.49. The van der Waals surface area contributed by atoms with Gasteiger partial charge in [-0.2, -0.15) is 0 Å². The lowest BCUT2D eigenvalue weighted by atomic mass is 10.4. The van der Waals surface area contributed by atoms with Crippen molar-refractivity contribution in [1.82, 2.24) is 19.6 Å². The number of rotatable bonds is 6. The van der Waals surface area contributed by atoms with E-state index in [0.717, 1.165) is 0 Å². The Morgan fingerprint density at radius 1 is 0.387 bits per heavy atom. The van der Waals surface area contributed by atoms with Gasteiger partial charge in [0, 0.05) is 51.4 Å². The van der Waals surface area contributed by atoms with Crippen molar-refractivity contribution < 1.29 is 43.1 Å². The van der Waals surface area contributed by atoms with Gasteiger partial charge in [0.2, 0.25) is 60.0 Å². The normalized spacial score (nSPS) is 22.8. The summed E-state index contributed by atoms with van der Waals surface area (Å²) in [6.45, 7) is 0. The molecule has 164 valence electrons. The Morgan fingerprint density at radius 3 is 0.710 bits per heavy atom. The molecule has 13 nitrogen and oxygen atoms in total. The van der Waals surface area contributed by atoms with E-state index in [-0.39, 0.29) is 51.4 Å². The van der Waals surface area contributed by atoms with Crippen LogP contribution in [0.2, 0.25) is 0 Å². The van der Waals surface area contributed by atoms with Crippen LogP contribution in [0, 0.1) is 0 Å². The minimum absolute atomic E-state index is 0.192. The standard InChI is InChI=1S/C18H18N4O9/c23-9-1-2-10(24)19(9)17(20-11(25)3-4-12(20)26)31-18(21-13(27)5-6-14(21)28)22-15(29)7-8-16(22)30/h17-18H,1-8H2. The maximum absolute atomic E-state index is 12.4. The summed E-state index contributed by atoms with van der Waals surface area (Å²) in [5.41, 5.74) is 0. The van der Waals surface area contributed by atoms with Crippen molar-refractivity contribution in [3.05, 3.63) is 0 Å². The molecule has 0 aromatic carbocycles. The Bertz CT molecular complexity index is 734. The SMILES string of the molecule is O=C1CCC(=O)N1C(OC(N1C(=O)CCC1=O)N1C(=O)CCC1=O)N1C(=O)CCC1=O. The number of amides is 8. The van der Waals surface area contributed by atoms with Gasteiger partial charge in [0.05, 0.1) is 0 Å². The summed E-state index contributed by atoms with van der Waals surface area (Å²) in [4.78, 5) is 101. The molecule has 4 saturated heterocycles. The van der Waals surface area contributed by atoms with Crippen LogP contribution >= 0.6 is 0 Å². The van der Waals surface area contributed by atoms with Crippen LogP contribution in [0.4, 0.5) is 0 Å². The zero-order valence-corrected chi connectivity index (χ0v) is 16.3. The third kappa shape index (κ3) is 3.40. The second-order valence-corrected chi connectivity index (χ2v) is 7.42. The number of imide groups is 4. The monoisotopic (exact) mass is 434 g/mol. The fourth-order valence-electron chi connectivity index (χ4n) is 3.94. The maximum atomic E-state index is 12.4. The van der Waals surface area contributed by atoms with Crippen molar-refractivity contribution in [2.24, 2.45) is 0 Å². The summed E-state index contributed by atoms with van der Waals surface area (Å²) in [6.07, 6.45) is -5.40. The molecule has 4 fully saturated rings. The maximum Gasteiger partial charge on any atom is 0.233 e. The van der Waals surface area contributed by atoms with Crippen LogP contribution in [-0.2, 0) is 43.1 Å². The van der Waals surface area contributed by atoms with Gasteiger partial charge in [-0.05, 0) is 0 Å². The summed E-state index contributed by atoms with van der Waals surface area (Å²) in [5.74, 6) is -5.89. The third-order valence-electron chi connectivity index (χ3n) is 5.49. The van der Waals surface area contributed by atoms with Gasteiger partial charge in [0.15, 0.2) is 0 Å². The molecule has 0 bridgehead atoms. The largest absolute Gasteiger partial charge is 0.296 e. The molecule has 0 spiro atoms. The van der Waals surface area contributed by atoms with Crippen LogP contribution in [0.1, 0.15) is 51.4 Å². The average molecular weight is 434 g/mol. The first-order valence-corrected chi connectivity index (χ1v) is 9.75. The first-order chi connectivity index (χ1) is 14.7. The predicted molar refractivity (Wildman–Crippen MR) is 93.0 cm³/mol. The van der Waals surface area contributed by atoms with Crippen LogP contribution in [0.25, 0.3) is 0 Å². The Balaban J connectivity index is 1.77. The number of likely N-dealkylation sites (tertiary alicyclic amines) is 4. The Hall–Kier alpha value is -3.48. The first kappa shape index (κ1) is 20.8. The molecule has 0 N–H and O–H groups in total. The summed E-state index contributed by atoms with van der Waals surface area (Å²) >= 11 is 0. The first-order valence-electron chi connectivity index (χ1n) is 9.75. The highest BCUT2D eigenvalue weighted by Crippen LogP contribution is 2.30. The molecule has 0 radical (unpaired) electrons. The van der Waals surface area contributed by atoms with Gasteiger partial charge in [-0.25, -0.2) is 19.6 Å². The van der Waals surface area contributed by atoms with Gasteiger partial charge >= 0.3 is 0 Å². The van der Waals surface area contributed by atoms with E-state index in [9.17, 15) is 38.4 Å². The zero-order valence-electron chi connectivity index (χ0n) is 16.3. The molecule has 0 aromatic heterocycles. The highest BCUT2D eigenvalue weighted by atomic mass is 16.6. The fraction of sp³-hybridized carbons (Fsp3) is 0.556. The van der Waals surface area contributed by atoms with E-state index in [4.69, 9.17) is 4.74 Å². The highest BCUT2D eigenvalue weighted by Gasteiger charge is 2.51. The molecule has 0 saturated carbocycles. The minimum atomic E-state index is -1.93. The van der Waals surface area contributed by atoms with Crippen LogP contribution in [0.3, 0.4) is 0 Å². The highest BCUT2D eigenvalue weighted by molar-refractivity contribution is 6.07. The molecule has 13 heteroatoms. The molecule has 0 unspecified atom stereocenters. The topological polar surface area (TPSA) is 159 Å². The number of carbonyl (C=O) groups is 8. The molecule has 0 aromatic rings. The zero-order chi connectivity index (χ0) is 22.4. The Kier molecular flexibility index (Phi) is 5.13. The van der Waals surface area contributed by atoms with Crippen LogP contribution < -0.4 is 0 Å². The lowest BCUT2D eigenvalue weighted by Gasteiger charge is -2.39. The van der Waals surface area contributed by atoms with Gasteiger partial charge in [-0.3, -0.25) is 43.1 Å². The molecule has 4 aliphatic rings. The second-order valence-electron chi connectivity index (χ2n) is 7.42. The van der Waals surface area contributed by atoms with E-state index < -0.39 is 60.0 Å². The second kappa shape index (κ2) is 7.65. The molecule has 8 amide bonds. The van der Waals surface area contributed by atoms with Gasteiger partial charge in [-0.1, -0.05) is 0 Å². The quantitative estimate of drug-likeness (QED) is 0.438. The van der Waals surface area contributed by atoms with E-state index in [0.29, 0.717) is 19.6 Å². The molecule has 4 aliphatic heterocycles. The van der Waals surface area contributed by atoms with Crippen LogP contribution in [-0.4, -0.2) is 79.6 Å². The van der Waals surface area contributed by atoms with Crippen molar-refractivity contribution >= 4 is 47.3 Å². The summed E-state index contributed by atoms with van der Waals surface area (Å²) in [5, 5.41) is 0. The summed E-state index contributed by atoms with van der Waals surface area (Å²) in [6, 6.07) is 0. The number of ether oxygens (including phenoxy) is 1. The molecule has 31 heavy (non-hydrogen) atoms. The van der Waals surface area contributed by atoms with Crippen LogP contribution in [0.15, 0.2) is 0 Å². The minimum Gasteiger partial charge on any atom is -0.296 e. The molecule has 0 aliphatic carbocycles. The molecular weight excluding hydrogens is 416 g/mol. The van der Waals surface area contributed by atoms with Crippen molar-refractivity contribution in [2.75, 3.05) is 0 Å². The van der Waals surface area contributed by atoms with E-state index in [1.165, 1.54) is 0 Å². The fourth-order valence-corrected chi connectivity index (χ4v) is 3.94. The van der Waals surface area contributed by atoms with Crippen molar-refractivity contribution in [3.8, 4) is 0 Å². The van der Waals surface area contributed by atoms with Crippen molar-refractivity contribution in [3.63, 3.8) is 0 Å². The van der Waals surface area contributed by atoms with Crippen molar-refractivity contribution in [1.29, 1.82) is 0 Å². The van der Waals surface area contributed by atoms with E-state index >= 15 is 0 Å². The lowest BCUT2D eigenvalue weighted by Crippen LogP contribution is -2.62. The van der Waals surface area contributed by atoms with E-state index in [2.05, 4.69) is 0 Å². The lowest BCUT2D eigenvalue weighted by molar-refractivity contribution is -0.232. The number of carbonyl (C=O) groups excluding carboxylic acids is 8. The summed E-state index contributed by atoms with van der Waals surface area (Å²) in [7, 11) is 0. The smallest absolute Gasteiger partial charge is 0.233 e. The Labute approximate surface area is 174 Å². The predicted octanol–water partition coefficient (Wildman–Crippen LogP) is -1.83. The summed E-state index contributed by atoms with van der Waals surface area (Å²) < 4.78 is 5.69. The molecular formula is C18H18N4O9. The van der Waals surface area contributed by atoms with Gasteiger partial charge in [0.1, 0.15) is 0 Å². The van der Waals surface area contributed by atoms with E-state index in [1.54, 1.807) is 0 Å². The van der Waals surface area contributed by atoms with Crippen molar-refractivity contribution in [2.45, 2.75) is 64.1 Å². The molecule has 4 heterocycles. The Morgan fingerprint density at radius 2 is 0.548 bits per heavy atom.